The molecule has 0 saturated heterocycles. The van der Waals surface area contributed by atoms with Gasteiger partial charge in [0.2, 0.25) is 10.0 Å². The summed E-state index contributed by atoms with van der Waals surface area (Å²) in [5.41, 5.74) is 2.23. The highest BCUT2D eigenvalue weighted by Gasteiger charge is 2.27. The van der Waals surface area contributed by atoms with Gasteiger partial charge >= 0.3 is 5.97 Å². The molecule has 0 fully saturated rings. The molecule has 126 valence electrons. The number of esters is 1. The van der Waals surface area contributed by atoms with Crippen LogP contribution in [0.5, 0.6) is 0 Å². The fourth-order valence-electron chi connectivity index (χ4n) is 1.81. The average Bonchev–Trinajstić information content (AvgIpc) is 2.46. The van der Waals surface area contributed by atoms with Gasteiger partial charge in [-0.3, -0.25) is 4.79 Å². The predicted octanol–water partition coefficient (Wildman–Crippen LogP) is 2.73. The number of nitrogens with one attached hydrogen (secondary N) is 1. The Balaban J connectivity index is 3.02. The SMILES string of the molecule is C=C(C)C(=C)C[C@H](NS(=O)(=O)c1ccc(C)cc1)C(=O)OCC. The van der Waals surface area contributed by atoms with Gasteiger partial charge in [0.25, 0.3) is 0 Å². The molecular formula is C17H23NO4S. The van der Waals surface area contributed by atoms with E-state index < -0.39 is 22.0 Å². The van der Waals surface area contributed by atoms with E-state index >= 15 is 0 Å². The molecule has 0 aliphatic carbocycles. The average molecular weight is 337 g/mol. The third-order valence-corrected chi connectivity index (χ3v) is 4.74. The summed E-state index contributed by atoms with van der Waals surface area (Å²) in [6.45, 7) is 13.0. The molecule has 0 unspecified atom stereocenters. The van der Waals surface area contributed by atoms with Crippen molar-refractivity contribution >= 4 is 16.0 Å². The van der Waals surface area contributed by atoms with Crippen LogP contribution in [0.15, 0.2) is 53.5 Å². The Morgan fingerprint density at radius 3 is 2.30 bits per heavy atom. The molecule has 0 aliphatic rings. The first-order chi connectivity index (χ1) is 10.7. The first-order valence-electron chi connectivity index (χ1n) is 7.26. The summed E-state index contributed by atoms with van der Waals surface area (Å²) in [5, 5.41) is 0. The maximum atomic E-state index is 12.4. The van der Waals surface area contributed by atoms with E-state index in [1.54, 1.807) is 26.0 Å². The van der Waals surface area contributed by atoms with Crippen molar-refractivity contribution in [2.24, 2.45) is 0 Å². The number of carbonyl (C=O) groups is 1. The van der Waals surface area contributed by atoms with Gasteiger partial charge in [0, 0.05) is 0 Å². The van der Waals surface area contributed by atoms with Crippen LogP contribution in [0, 0.1) is 6.92 Å². The van der Waals surface area contributed by atoms with Gasteiger partial charge in [0.15, 0.2) is 0 Å². The van der Waals surface area contributed by atoms with Crippen molar-refractivity contribution in [3.8, 4) is 0 Å². The number of sulfonamides is 1. The molecule has 0 heterocycles. The highest BCUT2D eigenvalue weighted by molar-refractivity contribution is 7.89. The topological polar surface area (TPSA) is 72.5 Å². The van der Waals surface area contributed by atoms with Crippen LogP contribution in [0.2, 0.25) is 0 Å². The molecule has 0 bridgehead atoms. The summed E-state index contributed by atoms with van der Waals surface area (Å²) in [5.74, 6) is -0.634. The van der Waals surface area contributed by atoms with Gasteiger partial charge in [0.05, 0.1) is 11.5 Å². The van der Waals surface area contributed by atoms with E-state index in [-0.39, 0.29) is 17.9 Å². The fourth-order valence-corrected chi connectivity index (χ4v) is 2.99. The van der Waals surface area contributed by atoms with Crippen molar-refractivity contribution in [2.75, 3.05) is 6.61 Å². The third kappa shape index (κ3) is 5.65. The molecule has 0 spiro atoms. The maximum absolute atomic E-state index is 12.4. The number of rotatable bonds is 8. The molecule has 0 radical (unpaired) electrons. The van der Waals surface area contributed by atoms with Gasteiger partial charge in [-0.1, -0.05) is 42.0 Å². The molecule has 1 atom stereocenters. The lowest BCUT2D eigenvalue weighted by atomic mass is 10.0. The second kappa shape index (κ2) is 8.08. The minimum absolute atomic E-state index is 0.0957. The van der Waals surface area contributed by atoms with Crippen LogP contribution >= 0.6 is 0 Å². The summed E-state index contributed by atoms with van der Waals surface area (Å²) in [4.78, 5) is 12.1. The summed E-state index contributed by atoms with van der Waals surface area (Å²) in [6, 6.07) is 5.34. The maximum Gasteiger partial charge on any atom is 0.324 e. The molecule has 0 aliphatic heterocycles. The zero-order valence-corrected chi connectivity index (χ0v) is 14.6. The van der Waals surface area contributed by atoms with E-state index in [0.29, 0.717) is 11.1 Å². The van der Waals surface area contributed by atoms with Crippen molar-refractivity contribution in [1.82, 2.24) is 4.72 Å². The number of hydrogen-bond donors (Lipinski definition) is 1. The van der Waals surface area contributed by atoms with Crippen LogP contribution in [-0.2, 0) is 19.6 Å². The van der Waals surface area contributed by atoms with Crippen molar-refractivity contribution in [3.05, 3.63) is 54.1 Å². The molecule has 1 aromatic rings. The van der Waals surface area contributed by atoms with Gasteiger partial charge < -0.3 is 4.74 Å². The van der Waals surface area contributed by atoms with E-state index in [2.05, 4.69) is 17.9 Å². The molecule has 1 aromatic carbocycles. The largest absolute Gasteiger partial charge is 0.465 e. The molecular weight excluding hydrogens is 314 g/mol. The Bertz CT molecular complexity index is 690. The fraction of sp³-hybridized carbons (Fsp3) is 0.353. The van der Waals surface area contributed by atoms with Gasteiger partial charge in [-0.05, 0) is 39.3 Å². The number of allylic oxidation sites excluding steroid dienone is 1. The second-order valence-electron chi connectivity index (χ2n) is 5.33. The lowest BCUT2D eigenvalue weighted by Crippen LogP contribution is -2.42. The molecule has 1 rings (SSSR count). The lowest BCUT2D eigenvalue weighted by Gasteiger charge is -2.18. The van der Waals surface area contributed by atoms with Crippen molar-refractivity contribution in [3.63, 3.8) is 0 Å². The second-order valence-corrected chi connectivity index (χ2v) is 7.04. The number of aryl methyl sites for hydroxylation is 1. The van der Waals surface area contributed by atoms with E-state index in [4.69, 9.17) is 4.74 Å². The summed E-state index contributed by atoms with van der Waals surface area (Å²) >= 11 is 0. The first-order valence-corrected chi connectivity index (χ1v) is 8.75. The molecule has 5 nitrogen and oxygen atoms in total. The minimum Gasteiger partial charge on any atom is -0.465 e. The Labute approximate surface area is 138 Å². The monoisotopic (exact) mass is 337 g/mol. The first kappa shape index (κ1) is 19.1. The van der Waals surface area contributed by atoms with Crippen LogP contribution < -0.4 is 4.72 Å². The van der Waals surface area contributed by atoms with Crippen LogP contribution in [0.4, 0.5) is 0 Å². The van der Waals surface area contributed by atoms with Crippen LogP contribution in [0.3, 0.4) is 0 Å². The normalized spacial score (nSPS) is 12.5. The van der Waals surface area contributed by atoms with Crippen LogP contribution in [-0.4, -0.2) is 27.0 Å². The van der Waals surface area contributed by atoms with Crippen LogP contribution in [0.1, 0.15) is 25.8 Å². The third-order valence-electron chi connectivity index (χ3n) is 3.25. The smallest absolute Gasteiger partial charge is 0.324 e. The predicted molar refractivity (Wildman–Crippen MR) is 90.5 cm³/mol. The van der Waals surface area contributed by atoms with Gasteiger partial charge in [0.1, 0.15) is 6.04 Å². The number of ether oxygens (including phenoxy) is 1. The molecule has 6 heteroatoms. The Morgan fingerprint density at radius 2 is 1.83 bits per heavy atom. The number of benzene rings is 1. The van der Waals surface area contributed by atoms with E-state index in [1.807, 2.05) is 6.92 Å². The summed E-state index contributed by atoms with van der Waals surface area (Å²) in [6.07, 6.45) is 0.110. The van der Waals surface area contributed by atoms with E-state index in [0.717, 1.165) is 5.56 Å². The Kier molecular flexibility index (Phi) is 6.72. The quantitative estimate of drug-likeness (QED) is 0.585. The number of hydrogen-bond acceptors (Lipinski definition) is 4. The summed E-state index contributed by atoms with van der Waals surface area (Å²) in [7, 11) is -3.83. The van der Waals surface area contributed by atoms with Gasteiger partial charge in [-0.15, -0.1) is 0 Å². The minimum atomic E-state index is -3.83. The highest BCUT2D eigenvalue weighted by atomic mass is 32.2. The molecule has 0 aromatic heterocycles. The molecule has 1 N–H and O–H groups in total. The zero-order chi connectivity index (χ0) is 17.6. The Hall–Kier alpha value is -1.92. The highest BCUT2D eigenvalue weighted by Crippen LogP contribution is 2.16. The molecule has 0 saturated carbocycles. The molecule has 23 heavy (non-hydrogen) atoms. The van der Waals surface area contributed by atoms with Crippen molar-refractivity contribution in [1.29, 1.82) is 0 Å². The van der Waals surface area contributed by atoms with Crippen LogP contribution in [0.25, 0.3) is 0 Å². The van der Waals surface area contributed by atoms with E-state index in [1.165, 1.54) is 12.1 Å². The number of carbonyl (C=O) groups excluding carboxylic acids is 1. The Morgan fingerprint density at radius 1 is 1.26 bits per heavy atom. The van der Waals surface area contributed by atoms with Crippen molar-refractivity contribution in [2.45, 2.75) is 38.1 Å². The van der Waals surface area contributed by atoms with Gasteiger partial charge in [-0.2, -0.15) is 4.72 Å². The molecule has 0 amide bonds. The lowest BCUT2D eigenvalue weighted by molar-refractivity contribution is -0.145. The van der Waals surface area contributed by atoms with E-state index in [9.17, 15) is 13.2 Å². The standard InChI is InChI=1S/C17H23NO4S/c1-6-22-17(19)16(11-14(5)12(2)3)18-23(20,21)15-9-7-13(4)8-10-15/h7-10,16,18H,2,5-6,11H2,1,3-4H3/t16-/m0/s1. The van der Waals surface area contributed by atoms with Crippen molar-refractivity contribution < 1.29 is 17.9 Å². The summed E-state index contributed by atoms with van der Waals surface area (Å²) < 4.78 is 32.2. The zero-order valence-electron chi connectivity index (χ0n) is 13.8. The van der Waals surface area contributed by atoms with Gasteiger partial charge in [-0.25, -0.2) is 8.42 Å².